The van der Waals surface area contributed by atoms with Gasteiger partial charge in [-0.1, -0.05) is 49.3 Å². The average Bonchev–Trinajstić information content (AvgIpc) is 2.91. The van der Waals surface area contributed by atoms with Gasteiger partial charge in [0.1, 0.15) is 0 Å². The number of carbonyl (C=O) groups excluding carboxylic acids is 1. The number of esters is 1. The van der Waals surface area contributed by atoms with Gasteiger partial charge in [-0.05, 0) is 11.5 Å². The summed E-state index contributed by atoms with van der Waals surface area (Å²) in [5.41, 5.74) is 6.73. The first kappa shape index (κ1) is 15.5. The average molecular weight is 290 g/mol. The summed E-state index contributed by atoms with van der Waals surface area (Å²) in [5.74, 6) is -0.182. The third kappa shape index (κ3) is 3.24. The van der Waals surface area contributed by atoms with Crippen LogP contribution in [0.15, 0.2) is 35.5 Å². The zero-order chi connectivity index (χ0) is 15.5. The summed E-state index contributed by atoms with van der Waals surface area (Å²) in [6.07, 6.45) is 0.784. The van der Waals surface area contributed by atoms with Crippen molar-refractivity contribution < 1.29 is 14.4 Å². The van der Waals surface area contributed by atoms with Crippen LogP contribution in [0, 0.1) is 5.92 Å². The second-order valence-corrected chi connectivity index (χ2v) is 5.77. The number of benzene rings is 1. The first-order valence-corrected chi connectivity index (χ1v) is 7.11. The summed E-state index contributed by atoms with van der Waals surface area (Å²) >= 11 is 0. The zero-order valence-electron chi connectivity index (χ0n) is 12.7. The maximum absolute atomic E-state index is 12.2. The molecule has 1 aliphatic rings. The Morgan fingerprint density at radius 2 is 2.10 bits per heavy atom. The number of nitrogens with two attached hydrogens (primary N) is 1. The van der Waals surface area contributed by atoms with Crippen molar-refractivity contribution >= 4 is 11.7 Å². The van der Waals surface area contributed by atoms with Crippen molar-refractivity contribution in [1.29, 1.82) is 0 Å². The van der Waals surface area contributed by atoms with E-state index in [9.17, 15) is 4.79 Å². The molecular formula is C16H22N2O3. The maximum Gasteiger partial charge on any atom is 0.353 e. The molecule has 0 amide bonds. The van der Waals surface area contributed by atoms with Gasteiger partial charge in [0.15, 0.2) is 0 Å². The first-order chi connectivity index (χ1) is 9.98. The molecule has 0 saturated carbocycles. The van der Waals surface area contributed by atoms with E-state index in [2.05, 4.69) is 5.16 Å². The van der Waals surface area contributed by atoms with Gasteiger partial charge in [0.05, 0.1) is 12.8 Å². The quantitative estimate of drug-likeness (QED) is 0.841. The van der Waals surface area contributed by atoms with E-state index in [1.165, 1.54) is 7.11 Å². The molecule has 1 aromatic carbocycles. The largest absolute Gasteiger partial charge is 0.466 e. The van der Waals surface area contributed by atoms with E-state index >= 15 is 0 Å². The summed E-state index contributed by atoms with van der Waals surface area (Å²) in [6, 6.07) is 9.48. The molecule has 5 nitrogen and oxygen atoms in total. The minimum absolute atomic E-state index is 0.215. The summed E-state index contributed by atoms with van der Waals surface area (Å²) in [5, 5.41) is 4.07. The predicted octanol–water partition coefficient (Wildman–Crippen LogP) is 1.90. The highest BCUT2D eigenvalue weighted by molar-refractivity contribution is 5.97. The lowest BCUT2D eigenvalue weighted by Gasteiger charge is -2.24. The Morgan fingerprint density at radius 3 is 2.67 bits per heavy atom. The number of rotatable bonds is 5. The van der Waals surface area contributed by atoms with Crippen LogP contribution in [0.25, 0.3) is 0 Å². The summed E-state index contributed by atoms with van der Waals surface area (Å²) in [4.78, 5) is 17.7. The molecule has 1 aliphatic heterocycles. The Bertz CT molecular complexity index is 528. The molecule has 5 heteroatoms. The standard InChI is InChI=1S/C16H22N2O3/c1-11(2)14(17)13-10-16(21-18-13,15(19)20-3)9-12-7-5-4-6-8-12/h4-8,11,14H,9-10,17H2,1-3H3. The predicted molar refractivity (Wildman–Crippen MR) is 80.8 cm³/mol. The van der Waals surface area contributed by atoms with Crippen molar-refractivity contribution in [3.8, 4) is 0 Å². The SMILES string of the molecule is COC(=O)C1(Cc2ccccc2)CC(C(N)C(C)C)=NO1. The van der Waals surface area contributed by atoms with Gasteiger partial charge in [0, 0.05) is 18.9 Å². The molecule has 0 bridgehead atoms. The molecule has 2 rings (SSSR count). The van der Waals surface area contributed by atoms with Gasteiger partial charge < -0.3 is 15.3 Å². The molecule has 0 radical (unpaired) electrons. The fourth-order valence-electron chi connectivity index (χ4n) is 2.45. The van der Waals surface area contributed by atoms with Crippen LogP contribution in [0.5, 0.6) is 0 Å². The number of carbonyl (C=O) groups is 1. The molecule has 2 atom stereocenters. The van der Waals surface area contributed by atoms with Gasteiger partial charge >= 0.3 is 5.97 Å². The molecular weight excluding hydrogens is 268 g/mol. The number of hydrogen-bond acceptors (Lipinski definition) is 5. The lowest BCUT2D eigenvalue weighted by atomic mass is 9.86. The van der Waals surface area contributed by atoms with Crippen molar-refractivity contribution in [3.63, 3.8) is 0 Å². The van der Waals surface area contributed by atoms with Crippen LogP contribution in [0.3, 0.4) is 0 Å². The fourth-order valence-corrected chi connectivity index (χ4v) is 2.45. The highest BCUT2D eigenvalue weighted by atomic mass is 16.7. The second kappa shape index (κ2) is 6.26. The number of oxime groups is 1. The number of methoxy groups -OCH3 is 1. The van der Waals surface area contributed by atoms with Crippen molar-refractivity contribution in [1.82, 2.24) is 0 Å². The monoisotopic (exact) mass is 290 g/mol. The highest BCUT2D eigenvalue weighted by Crippen LogP contribution is 2.31. The van der Waals surface area contributed by atoms with Crippen LogP contribution in [0.4, 0.5) is 0 Å². The maximum atomic E-state index is 12.2. The molecule has 0 saturated heterocycles. The number of ether oxygens (including phenoxy) is 1. The molecule has 0 aliphatic carbocycles. The third-order valence-electron chi connectivity index (χ3n) is 3.80. The van der Waals surface area contributed by atoms with Crippen molar-refractivity contribution in [2.24, 2.45) is 16.8 Å². The van der Waals surface area contributed by atoms with E-state index in [-0.39, 0.29) is 12.0 Å². The van der Waals surface area contributed by atoms with Crippen LogP contribution >= 0.6 is 0 Å². The van der Waals surface area contributed by atoms with Gasteiger partial charge in [-0.25, -0.2) is 4.79 Å². The van der Waals surface area contributed by atoms with E-state index in [1.54, 1.807) is 0 Å². The van der Waals surface area contributed by atoms with Crippen LogP contribution in [-0.4, -0.2) is 30.4 Å². The smallest absolute Gasteiger partial charge is 0.353 e. The summed E-state index contributed by atoms with van der Waals surface area (Å²) in [6.45, 7) is 4.03. The topological polar surface area (TPSA) is 73.9 Å². The Kier molecular flexibility index (Phi) is 4.63. The zero-order valence-corrected chi connectivity index (χ0v) is 12.7. The fraction of sp³-hybridized carbons (Fsp3) is 0.500. The van der Waals surface area contributed by atoms with E-state index < -0.39 is 11.6 Å². The number of hydrogen-bond donors (Lipinski definition) is 1. The van der Waals surface area contributed by atoms with E-state index in [1.807, 2.05) is 44.2 Å². The van der Waals surface area contributed by atoms with Crippen molar-refractivity contribution in [3.05, 3.63) is 35.9 Å². The Balaban J connectivity index is 2.20. The van der Waals surface area contributed by atoms with Gasteiger partial charge in [-0.3, -0.25) is 0 Å². The van der Waals surface area contributed by atoms with Gasteiger partial charge in [-0.2, -0.15) is 0 Å². The highest BCUT2D eigenvalue weighted by Gasteiger charge is 2.49. The van der Waals surface area contributed by atoms with E-state index in [4.69, 9.17) is 15.3 Å². The molecule has 1 heterocycles. The van der Waals surface area contributed by atoms with E-state index in [0.29, 0.717) is 18.6 Å². The van der Waals surface area contributed by atoms with Crippen molar-refractivity contribution in [2.75, 3.05) is 7.11 Å². The summed E-state index contributed by atoms with van der Waals surface area (Å²) < 4.78 is 4.92. The summed E-state index contributed by atoms with van der Waals surface area (Å²) in [7, 11) is 1.36. The molecule has 0 aromatic heterocycles. The van der Waals surface area contributed by atoms with Crippen LogP contribution < -0.4 is 5.73 Å². The molecule has 1 aromatic rings. The first-order valence-electron chi connectivity index (χ1n) is 7.11. The van der Waals surface area contributed by atoms with Gasteiger partial charge in [0.25, 0.3) is 0 Å². The lowest BCUT2D eigenvalue weighted by molar-refractivity contribution is -0.166. The molecule has 0 fully saturated rings. The normalized spacial score (nSPS) is 22.6. The molecule has 0 spiro atoms. The Hall–Kier alpha value is -1.88. The lowest BCUT2D eigenvalue weighted by Crippen LogP contribution is -2.44. The second-order valence-electron chi connectivity index (χ2n) is 5.77. The Morgan fingerprint density at radius 1 is 1.43 bits per heavy atom. The number of nitrogens with zero attached hydrogens (tertiary/aromatic N) is 1. The minimum atomic E-state index is -1.10. The van der Waals surface area contributed by atoms with Gasteiger partial charge in [-0.15, -0.1) is 0 Å². The van der Waals surface area contributed by atoms with Crippen molar-refractivity contribution in [2.45, 2.75) is 38.3 Å². The third-order valence-corrected chi connectivity index (χ3v) is 3.80. The molecule has 2 N–H and O–H groups in total. The van der Waals surface area contributed by atoms with Crippen LogP contribution in [-0.2, 0) is 20.8 Å². The van der Waals surface area contributed by atoms with Crippen LogP contribution in [0.2, 0.25) is 0 Å². The van der Waals surface area contributed by atoms with Gasteiger partial charge in [0.2, 0.25) is 5.60 Å². The van der Waals surface area contributed by atoms with Crippen LogP contribution in [0.1, 0.15) is 25.8 Å². The Labute approximate surface area is 125 Å². The molecule has 2 unspecified atom stereocenters. The van der Waals surface area contributed by atoms with E-state index in [0.717, 1.165) is 5.56 Å². The molecule has 21 heavy (non-hydrogen) atoms. The molecule has 114 valence electrons. The minimum Gasteiger partial charge on any atom is -0.466 e.